The molecule has 0 radical (unpaired) electrons. The van der Waals surface area contributed by atoms with Gasteiger partial charge in [-0.05, 0) is 94.2 Å². The Labute approximate surface area is 246 Å². The van der Waals surface area contributed by atoms with Crippen LogP contribution in [0.1, 0.15) is 22.3 Å². The average molecular weight is 618 g/mol. The third-order valence-electron chi connectivity index (χ3n) is 5.86. The Morgan fingerprint density at radius 2 is 1.57 bits per heavy atom. The molecule has 4 aromatic carbocycles. The molecule has 0 spiro atoms. The van der Waals surface area contributed by atoms with Crippen molar-refractivity contribution in [2.45, 2.75) is 20.1 Å². The summed E-state index contributed by atoms with van der Waals surface area (Å²) in [4.78, 5) is 12.8. The molecular formula is C32H26BrClN2O4. The molecule has 202 valence electrons. The Bertz CT molecular complexity index is 1540. The van der Waals surface area contributed by atoms with Crippen LogP contribution in [-0.2, 0) is 18.0 Å². The summed E-state index contributed by atoms with van der Waals surface area (Å²) in [5.41, 5.74) is 4.25. The number of nitriles is 1. The Morgan fingerprint density at radius 3 is 2.20 bits per heavy atom. The quantitative estimate of drug-likeness (QED) is 0.144. The summed E-state index contributed by atoms with van der Waals surface area (Å²) in [6, 6.07) is 27.9. The second-order valence-corrected chi connectivity index (χ2v) is 10.2. The van der Waals surface area contributed by atoms with Gasteiger partial charge in [0, 0.05) is 10.7 Å². The van der Waals surface area contributed by atoms with Gasteiger partial charge >= 0.3 is 0 Å². The lowest BCUT2D eigenvalue weighted by Gasteiger charge is -2.14. The van der Waals surface area contributed by atoms with Crippen LogP contribution in [0.3, 0.4) is 0 Å². The van der Waals surface area contributed by atoms with Crippen LogP contribution in [0.5, 0.6) is 17.2 Å². The Hall–Kier alpha value is -4.25. The summed E-state index contributed by atoms with van der Waals surface area (Å²) in [7, 11) is 1.54. The van der Waals surface area contributed by atoms with Crippen molar-refractivity contribution >= 4 is 45.2 Å². The van der Waals surface area contributed by atoms with Crippen molar-refractivity contribution in [3.8, 4) is 23.3 Å². The molecule has 0 saturated carbocycles. The molecule has 0 bridgehead atoms. The maximum atomic E-state index is 12.8. The lowest BCUT2D eigenvalue weighted by Crippen LogP contribution is -2.13. The molecule has 8 heteroatoms. The number of carbonyl (C=O) groups is 1. The highest BCUT2D eigenvalue weighted by atomic mass is 79.9. The van der Waals surface area contributed by atoms with Gasteiger partial charge in [0.05, 0.1) is 11.6 Å². The van der Waals surface area contributed by atoms with Crippen LogP contribution in [0, 0.1) is 18.3 Å². The number of methoxy groups -OCH3 is 1. The first-order valence-electron chi connectivity index (χ1n) is 12.3. The molecule has 0 aliphatic rings. The number of hydrogen-bond acceptors (Lipinski definition) is 5. The highest BCUT2D eigenvalue weighted by Crippen LogP contribution is 2.38. The van der Waals surface area contributed by atoms with Crippen LogP contribution >= 0.6 is 27.5 Å². The SMILES string of the molecule is COc1cc(/C=C(\C#N)C(=O)Nc2ccc(OCc3ccc(Cl)cc3)cc2)cc(Br)c1OCc1ccc(C)cc1. The Balaban J connectivity index is 1.41. The number of hydrogen-bond donors (Lipinski definition) is 1. The van der Waals surface area contributed by atoms with Crippen LogP contribution in [0.2, 0.25) is 5.02 Å². The molecule has 40 heavy (non-hydrogen) atoms. The topological polar surface area (TPSA) is 80.6 Å². The summed E-state index contributed by atoms with van der Waals surface area (Å²) in [6.45, 7) is 2.78. The lowest BCUT2D eigenvalue weighted by molar-refractivity contribution is -0.112. The van der Waals surface area contributed by atoms with E-state index >= 15 is 0 Å². The van der Waals surface area contributed by atoms with Crippen molar-refractivity contribution in [1.82, 2.24) is 0 Å². The van der Waals surface area contributed by atoms with Gasteiger partial charge < -0.3 is 19.5 Å². The number of anilines is 1. The van der Waals surface area contributed by atoms with Gasteiger partial charge in [-0.25, -0.2) is 0 Å². The van der Waals surface area contributed by atoms with Crippen molar-refractivity contribution in [3.05, 3.63) is 122 Å². The van der Waals surface area contributed by atoms with Crippen LogP contribution < -0.4 is 19.5 Å². The molecule has 4 rings (SSSR count). The second kappa shape index (κ2) is 13.7. The highest BCUT2D eigenvalue weighted by Gasteiger charge is 2.14. The zero-order valence-electron chi connectivity index (χ0n) is 21.9. The average Bonchev–Trinajstić information content (AvgIpc) is 2.96. The minimum Gasteiger partial charge on any atom is -0.493 e. The van der Waals surface area contributed by atoms with Crippen molar-refractivity contribution < 1.29 is 19.0 Å². The van der Waals surface area contributed by atoms with E-state index in [1.54, 1.807) is 36.4 Å². The lowest BCUT2D eigenvalue weighted by atomic mass is 10.1. The van der Waals surface area contributed by atoms with Gasteiger partial charge in [-0.1, -0.05) is 53.6 Å². The standard InChI is InChI=1S/C32H26BrClN2O4/c1-21-3-5-22(6-4-21)20-40-31-29(33)16-24(17-30(31)38-2)15-25(18-35)32(37)36-27-11-13-28(14-12-27)39-19-23-7-9-26(34)10-8-23/h3-17H,19-20H2,1-2H3,(H,36,37)/b25-15+. The van der Waals surface area contributed by atoms with E-state index in [2.05, 4.69) is 21.2 Å². The van der Waals surface area contributed by atoms with Gasteiger partial charge in [0.1, 0.15) is 30.6 Å². The predicted molar refractivity (Wildman–Crippen MR) is 161 cm³/mol. The number of rotatable bonds is 10. The van der Waals surface area contributed by atoms with Gasteiger partial charge in [0.25, 0.3) is 5.91 Å². The van der Waals surface area contributed by atoms with Gasteiger partial charge in [-0.3, -0.25) is 4.79 Å². The minimum absolute atomic E-state index is 0.0645. The number of carbonyl (C=O) groups excluding carboxylic acids is 1. The number of nitrogens with one attached hydrogen (secondary N) is 1. The van der Waals surface area contributed by atoms with E-state index in [4.69, 9.17) is 25.8 Å². The van der Waals surface area contributed by atoms with Crippen molar-refractivity contribution in [3.63, 3.8) is 0 Å². The van der Waals surface area contributed by atoms with E-state index in [9.17, 15) is 10.1 Å². The van der Waals surface area contributed by atoms with Gasteiger partial charge in [0.15, 0.2) is 11.5 Å². The van der Waals surface area contributed by atoms with E-state index in [-0.39, 0.29) is 5.57 Å². The molecule has 0 unspecified atom stereocenters. The molecule has 0 aliphatic carbocycles. The molecule has 0 fully saturated rings. The Morgan fingerprint density at radius 1 is 0.950 bits per heavy atom. The fraction of sp³-hybridized carbons (Fsp3) is 0.125. The Kier molecular flexibility index (Phi) is 9.85. The number of aryl methyl sites for hydroxylation is 1. The van der Waals surface area contributed by atoms with Crippen LogP contribution in [-0.4, -0.2) is 13.0 Å². The van der Waals surface area contributed by atoms with E-state index in [1.165, 1.54) is 18.7 Å². The monoisotopic (exact) mass is 616 g/mol. The van der Waals surface area contributed by atoms with Crippen LogP contribution in [0.15, 0.2) is 95.0 Å². The third kappa shape index (κ3) is 7.89. The molecule has 0 heterocycles. The van der Waals surface area contributed by atoms with Gasteiger partial charge in [-0.2, -0.15) is 5.26 Å². The van der Waals surface area contributed by atoms with Crippen molar-refractivity contribution in [2.75, 3.05) is 12.4 Å². The van der Waals surface area contributed by atoms with Crippen molar-refractivity contribution in [1.29, 1.82) is 5.26 Å². The fourth-order valence-electron chi connectivity index (χ4n) is 3.70. The molecule has 6 nitrogen and oxygen atoms in total. The smallest absolute Gasteiger partial charge is 0.266 e. The molecule has 0 aromatic heterocycles. The first kappa shape index (κ1) is 28.8. The minimum atomic E-state index is -0.535. The number of amides is 1. The van der Waals surface area contributed by atoms with Crippen LogP contribution in [0.25, 0.3) is 6.08 Å². The van der Waals surface area contributed by atoms with E-state index in [0.717, 1.165) is 11.1 Å². The molecule has 4 aromatic rings. The summed E-state index contributed by atoms with van der Waals surface area (Å²) >= 11 is 9.44. The molecule has 0 aliphatic heterocycles. The second-order valence-electron chi connectivity index (χ2n) is 8.87. The maximum Gasteiger partial charge on any atom is 0.266 e. The number of benzene rings is 4. The summed E-state index contributed by atoms with van der Waals surface area (Å²) in [6.07, 6.45) is 1.50. The third-order valence-corrected chi connectivity index (χ3v) is 6.70. The summed E-state index contributed by atoms with van der Waals surface area (Å²) < 4.78 is 17.9. The molecular weight excluding hydrogens is 592 g/mol. The molecule has 1 amide bonds. The first-order valence-corrected chi connectivity index (χ1v) is 13.5. The van der Waals surface area contributed by atoms with Gasteiger partial charge in [-0.15, -0.1) is 0 Å². The predicted octanol–water partition coefficient (Wildman–Crippen LogP) is 8.12. The number of nitrogens with zero attached hydrogens (tertiary/aromatic N) is 1. The molecule has 0 saturated heterocycles. The summed E-state index contributed by atoms with van der Waals surface area (Å²) in [5.74, 6) is 1.11. The fourth-order valence-corrected chi connectivity index (χ4v) is 4.40. The number of halogens is 2. The zero-order valence-corrected chi connectivity index (χ0v) is 24.3. The maximum absolute atomic E-state index is 12.8. The summed E-state index contributed by atoms with van der Waals surface area (Å²) in [5, 5.41) is 13.1. The van der Waals surface area contributed by atoms with E-state index in [1.807, 2.05) is 61.5 Å². The molecule has 1 N–H and O–H groups in total. The van der Waals surface area contributed by atoms with Crippen molar-refractivity contribution in [2.24, 2.45) is 0 Å². The molecule has 0 atom stereocenters. The largest absolute Gasteiger partial charge is 0.493 e. The first-order chi connectivity index (χ1) is 19.3. The van der Waals surface area contributed by atoms with E-state index in [0.29, 0.717) is 51.2 Å². The normalized spacial score (nSPS) is 10.9. The van der Waals surface area contributed by atoms with E-state index < -0.39 is 5.91 Å². The van der Waals surface area contributed by atoms with Crippen LogP contribution in [0.4, 0.5) is 5.69 Å². The zero-order chi connectivity index (χ0) is 28.5. The number of ether oxygens (including phenoxy) is 3. The highest BCUT2D eigenvalue weighted by molar-refractivity contribution is 9.10. The van der Waals surface area contributed by atoms with Gasteiger partial charge in [0.2, 0.25) is 0 Å².